The van der Waals surface area contributed by atoms with E-state index in [-0.39, 0.29) is 5.41 Å². The molecule has 0 radical (unpaired) electrons. The van der Waals surface area contributed by atoms with Crippen LogP contribution in [0.4, 0.5) is 34.1 Å². The lowest BCUT2D eigenvalue weighted by Crippen LogP contribution is -2.20. The monoisotopic (exact) mass is 530 g/mol. The smallest absolute Gasteiger partial charge is 0.0464 e. The van der Waals surface area contributed by atoms with Crippen LogP contribution in [0.5, 0.6) is 0 Å². The van der Waals surface area contributed by atoms with Gasteiger partial charge in [0, 0.05) is 39.5 Å². The fourth-order valence-corrected chi connectivity index (χ4v) is 5.44. The van der Waals surface area contributed by atoms with Crippen LogP contribution < -0.4 is 9.80 Å². The van der Waals surface area contributed by atoms with Crippen LogP contribution in [0.15, 0.2) is 170 Å². The predicted molar refractivity (Wildman–Crippen MR) is 174 cm³/mol. The van der Waals surface area contributed by atoms with E-state index in [9.17, 15) is 0 Å². The van der Waals surface area contributed by atoms with Crippen molar-refractivity contribution in [2.45, 2.75) is 19.3 Å². The van der Waals surface area contributed by atoms with E-state index in [2.05, 4.69) is 194 Å². The molecule has 0 bridgehead atoms. The minimum atomic E-state index is -0.232. The molecular weight excluding hydrogens is 496 g/mol. The Morgan fingerprint density at radius 2 is 0.585 bits per heavy atom. The molecule has 6 rings (SSSR count). The van der Waals surface area contributed by atoms with Gasteiger partial charge in [0.15, 0.2) is 0 Å². The van der Waals surface area contributed by atoms with Gasteiger partial charge in [-0.1, -0.05) is 111 Å². The molecule has 0 heterocycles. The van der Waals surface area contributed by atoms with Crippen molar-refractivity contribution in [3.05, 3.63) is 181 Å². The van der Waals surface area contributed by atoms with Crippen LogP contribution in [0.2, 0.25) is 0 Å². The summed E-state index contributed by atoms with van der Waals surface area (Å²) in [5.74, 6) is 0. The van der Waals surface area contributed by atoms with Crippen molar-refractivity contribution in [1.29, 1.82) is 0 Å². The Morgan fingerprint density at radius 1 is 0.317 bits per heavy atom. The summed E-state index contributed by atoms with van der Waals surface area (Å²) in [6, 6.07) is 60.2. The standard InChI is InChI=1S/C39H34N2/c1-39(2,31-17-15-27-37(29-31)40(33-19-7-3-8-20-33)34-21-9-4-10-22-34)32-18-16-28-38(30-32)41(35-23-11-5-12-24-35)36-25-13-6-14-26-36/h3-30H,1-2H3. The lowest BCUT2D eigenvalue weighted by Gasteiger charge is -2.31. The first-order chi connectivity index (χ1) is 20.1. The van der Waals surface area contributed by atoms with E-state index in [1.807, 2.05) is 0 Å². The zero-order chi connectivity index (χ0) is 28.1. The number of para-hydroxylation sites is 4. The fraction of sp³-hybridized carbons (Fsp3) is 0.0769. The third kappa shape index (κ3) is 5.50. The van der Waals surface area contributed by atoms with Crippen LogP contribution in [0, 0.1) is 0 Å². The minimum Gasteiger partial charge on any atom is -0.310 e. The van der Waals surface area contributed by atoms with Gasteiger partial charge in [-0.2, -0.15) is 0 Å². The van der Waals surface area contributed by atoms with E-state index in [1.165, 1.54) is 11.1 Å². The van der Waals surface area contributed by atoms with Crippen LogP contribution >= 0.6 is 0 Å². The topological polar surface area (TPSA) is 6.48 Å². The van der Waals surface area contributed by atoms with Gasteiger partial charge in [0.2, 0.25) is 0 Å². The van der Waals surface area contributed by atoms with E-state index < -0.39 is 0 Å². The van der Waals surface area contributed by atoms with Gasteiger partial charge in [-0.3, -0.25) is 0 Å². The predicted octanol–water partition coefficient (Wildman–Crippen LogP) is 11.0. The number of anilines is 6. The fourth-order valence-electron chi connectivity index (χ4n) is 5.44. The Bertz CT molecular complexity index is 1490. The maximum absolute atomic E-state index is 2.33. The summed E-state index contributed by atoms with van der Waals surface area (Å²) in [4.78, 5) is 4.64. The van der Waals surface area contributed by atoms with Crippen LogP contribution in [-0.4, -0.2) is 0 Å². The summed E-state index contributed by atoms with van der Waals surface area (Å²) in [6.45, 7) is 4.63. The van der Waals surface area contributed by atoms with Gasteiger partial charge in [0.1, 0.15) is 0 Å². The first-order valence-electron chi connectivity index (χ1n) is 14.1. The number of hydrogen-bond donors (Lipinski definition) is 0. The third-order valence-electron chi connectivity index (χ3n) is 7.71. The van der Waals surface area contributed by atoms with Gasteiger partial charge in [0.25, 0.3) is 0 Å². The summed E-state index contributed by atoms with van der Waals surface area (Å²) in [5.41, 5.74) is 9.11. The molecule has 0 amide bonds. The zero-order valence-electron chi connectivity index (χ0n) is 23.6. The molecule has 0 spiro atoms. The highest BCUT2D eigenvalue weighted by Gasteiger charge is 2.26. The summed E-state index contributed by atoms with van der Waals surface area (Å²) in [5, 5.41) is 0. The van der Waals surface area contributed by atoms with Crippen molar-refractivity contribution < 1.29 is 0 Å². The molecular formula is C39H34N2. The molecule has 41 heavy (non-hydrogen) atoms. The Kier molecular flexibility index (Phi) is 7.38. The average molecular weight is 531 g/mol. The molecule has 0 N–H and O–H groups in total. The van der Waals surface area contributed by atoms with E-state index in [0.29, 0.717) is 0 Å². The van der Waals surface area contributed by atoms with Crippen LogP contribution in [0.1, 0.15) is 25.0 Å². The molecule has 0 saturated carbocycles. The molecule has 0 fully saturated rings. The average Bonchev–Trinajstić information content (AvgIpc) is 3.04. The first-order valence-corrected chi connectivity index (χ1v) is 14.1. The third-order valence-corrected chi connectivity index (χ3v) is 7.71. The zero-order valence-corrected chi connectivity index (χ0v) is 23.6. The summed E-state index contributed by atoms with van der Waals surface area (Å²) in [7, 11) is 0. The maximum Gasteiger partial charge on any atom is 0.0464 e. The second kappa shape index (κ2) is 11.6. The lowest BCUT2D eigenvalue weighted by atomic mass is 9.77. The Hall–Kier alpha value is -5.08. The highest BCUT2D eigenvalue weighted by Crippen LogP contribution is 2.41. The van der Waals surface area contributed by atoms with Gasteiger partial charge >= 0.3 is 0 Å². The van der Waals surface area contributed by atoms with Gasteiger partial charge in [-0.25, -0.2) is 0 Å². The molecule has 0 saturated heterocycles. The van der Waals surface area contributed by atoms with Gasteiger partial charge in [-0.05, 0) is 83.9 Å². The first kappa shape index (κ1) is 26.2. The van der Waals surface area contributed by atoms with Crippen molar-refractivity contribution in [2.24, 2.45) is 0 Å². The number of hydrogen-bond acceptors (Lipinski definition) is 2. The Morgan fingerprint density at radius 3 is 0.878 bits per heavy atom. The van der Waals surface area contributed by atoms with E-state index >= 15 is 0 Å². The van der Waals surface area contributed by atoms with Gasteiger partial charge in [0.05, 0.1) is 0 Å². The van der Waals surface area contributed by atoms with Crippen LogP contribution in [0.3, 0.4) is 0 Å². The molecule has 0 atom stereocenters. The highest BCUT2D eigenvalue weighted by molar-refractivity contribution is 5.78. The summed E-state index contributed by atoms with van der Waals surface area (Å²) < 4.78 is 0. The van der Waals surface area contributed by atoms with E-state index in [0.717, 1.165) is 34.1 Å². The molecule has 0 aromatic heterocycles. The van der Waals surface area contributed by atoms with E-state index in [4.69, 9.17) is 0 Å². The number of nitrogens with zero attached hydrogens (tertiary/aromatic N) is 2. The van der Waals surface area contributed by atoms with Crippen LogP contribution in [-0.2, 0) is 5.41 Å². The molecule has 0 unspecified atom stereocenters. The van der Waals surface area contributed by atoms with Crippen molar-refractivity contribution in [1.82, 2.24) is 0 Å². The summed E-state index contributed by atoms with van der Waals surface area (Å²) >= 11 is 0. The largest absolute Gasteiger partial charge is 0.310 e. The van der Waals surface area contributed by atoms with Crippen molar-refractivity contribution in [3.8, 4) is 0 Å². The quantitative estimate of drug-likeness (QED) is 0.193. The van der Waals surface area contributed by atoms with Crippen molar-refractivity contribution in [3.63, 3.8) is 0 Å². The molecule has 6 aromatic rings. The molecule has 2 nitrogen and oxygen atoms in total. The van der Waals surface area contributed by atoms with E-state index in [1.54, 1.807) is 0 Å². The van der Waals surface area contributed by atoms with Gasteiger partial charge < -0.3 is 9.80 Å². The highest BCUT2D eigenvalue weighted by atomic mass is 15.1. The number of rotatable bonds is 8. The Balaban J connectivity index is 1.41. The normalized spacial score (nSPS) is 11.2. The molecule has 0 aliphatic heterocycles. The van der Waals surface area contributed by atoms with Crippen molar-refractivity contribution >= 4 is 34.1 Å². The molecule has 0 aliphatic carbocycles. The maximum atomic E-state index is 2.33. The number of benzene rings is 6. The second-order valence-corrected chi connectivity index (χ2v) is 10.7. The molecule has 2 heteroatoms. The molecule has 0 aliphatic rings. The van der Waals surface area contributed by atoms with Crippen molar-refractivity contribution in [2.75, 3.05) is 9.80 Å². The molecule has 6 aromatic carbocycles. The van der Waals surface area contributed by atoms with Gasteiger partial charge in [-0.15, -0.1) is 0 Å². The van der Waals surface area contributed by atoms with Crippen LogP contribution in [0.25, 0.3) is 0 Å². The SMILES string of the molecule is CC(C)(c1cccc(N(c2ccccc2)c2ccccc2)c1)c1cccc(N(c2ccccc2)c2ccccc2)c1. The summed E-state index contributed by atoms with van der Waals surface area (Å²) in [6.07, 6.45) is 0. The Labute approximate surface area is 243 Å². The molecule has 200 valence electrons. The second-order valence-electron chi connectivity index (χ2n) is 10.7. The lowest BCUT2D eigenvalue weighted by molar-refractivity contribution is 0.641. The minimum absolute atomic E-state index is 0.232.